The first kappa shape index (κ1) is 24.6. The van der Waals surface area contributed by atoms with E-state index in [1.807, 2.05) is 0 Å². The third-order valence-electron chi connectivity index (χ3n) is 7.52. The molecule has 0 unspecified atom stereocenters. The van der Waals surface area contributed by atoms with Gasteiger partial charge < -0.3 is 13.1 Å². The number of fused-ring (bicyclic) bond motifs is 7. The Morgan fingerprint density at radius 3 is 1.51 bits per heavy atom. The fourth-order valence-corrected chi connectivity index (χ4v) is 6.64. The molecule has 0 amide bonds. The minimum absolute atomic E-state index is 0.0825. The van der Waals surface area contributed by atoms with Crippen LogP contribution in [0, 0.1) is 0 Å². The standard InChI is InChI=1S/C32H36NO3P/c1-31(2,3)23-9-11-25-21(19-23)7-13-27-29(25)30-26-12-10-24(32(4,5)6)20-22(26)8-14-28(30)36-37(35-27)33-15-17-34-18-16-33/h7-14,19-20H,15-18H2,1-6H3. The third-order valence-corrected chi connectivity index (χ3v) is 9.08. The van der Waals surface area contributed by atoms with Gasteiger partial charge >= 0.3 is 8.16 Å². The molecule has 192 valence electrons. The number of morpholine rings is 1. The average Bonchev–Trinajstić information content (AvgIpc) is 3.04. The quantitative estimate of drug-likeness (QED) is 0.224. The molecule has 5 heteroatoms. The normalized spacial score (nSPS) is 15.7. The van der Waals surface area contributed by atoms with Crippen LogP contribution in [-0.2, 0) is 15.6 Å². The minimum atomic E-state index is -1.30. The first-order valence-electron chi connectivity index (χ1n) is 13.2. The highest BCUT2D eigenvalue weighted by Gasteiger charge is 2.21. The van der Waals surface area contributed by atoms with Gasteiger partial charge in [0.05, 0.1) is 13.2 Å². The Kier molecular flexibility index (Phi) is 5.91. The number of rotatable bonds is 1. The van der Waals surface area contributed by atoms with Crippen LogP contribution >= 0.6 is 8.16 Å². The summed E-state index contributed by atoms with van der Waals surface area (Å²) in [4.78, 5) is 0. The Hall–Kier alpha value is -2.78. The number of ether oxygens (including phenoxy) is 1. The van der Waals surface area contributed by atoms with Crippen LogP contribution < -0.4 is 4.67 Å². The summed E-state index contributed by atoms with van der Waals surface area (Å²) >= 11 is 0. The molecular weight excluding hydrogens is 477 g/mol. The van der Waals surface area contributed by atoms with E-state index in [9.17, 15) is 0 Å². The van der Waals surface area contributed by atoms with E-state index in [1.54, 1.807) is 0 Å². The van der Waals surface area contributed by atoms with Crippen molar-refractivity contribution in [2.24, 2.45) is 0 Å². The minimum Gasteiger partial charge on any atom is -0.408 e. The summed E-state index contributed by atoms with van der Waals surface area (Å²) in [5.74, 6) is 0. The Morgan fingerprint density at radius 1 is 0.622 bits per heavy atom. The number of hydrogen-bond donors (Lipinski definition) is 0. The molecule has 6 rings (SSSR count). The van der Waals surface area contributed by atoms with Crippen LogP contribution in [0.1, 0.15) is 52.7 Å². The van der Waals surface area contributed by atoms with E-state index in [0.717, 1.165) is 35.0 Å². The Bertz CT molecular complexity index is 1570. The Balaban J connectivity index is 1.76. The van der Waals surface area contributed by atoms with Crippen molar-refractivity contribution in [3.8, 4) is 0 Å². The summed E-state index contributed by atoms with van der Waals surface area (Å²) in [5.41, 5.74) is 4.60. The van der Waals surface area contributed by atoms with Gasteiger partial charge in [-0.3, -0.25) is 0 Å². The molecule has 0 radical (unpaired) electrons. The maximum Gasteiger partial charge on any atom is 0.309 e. The van der Waals surface area contributed by atoms with Crippen LogP contribution in [0.25, 0.3) is 43.5 Å². The van der Waals surface area contributed by atoms with E-state index in [2.05, 4.69) is 107 Å². The molecule has 1 aliphatic rings. The smallest absolute Gasteiger partial charge is 0.309 e. The molecule has 1 fully saturated rings. The van der Waals surface area contributed by atoms with E-state index in [-0.39, 0.29) is 10.8 Å². The molecule has 37 heavy (non-hydrogen) atoms. The number of hydrogen-bond acceptors (Lipinski definition) is 4. The van der Waals surface area contributed by atoms with Gasteiger partial charge in [-0.25, -0.2) is 0 Å². The Morgan fingerprint density at radius 2 is 1.08 bits per heavy atom. The van der Waals surface area contributed by atoms with Crippen molar-refractivity contribution in [3.05, 3.63) is 71.8 Å². The highest BCUT2D eigenvalue weighted by atomic mass is 31.1. The molecule has 1 aromatic heterocycles. The fourth-order valence-electron chi connectivity index (χ4n) is 5.24. The predicted octanol–water partition coefficient (Wildman–Crippen LogP) is 9.16. The molecule has 0 atom stereocenters. The lowest BCUT2D eigenvalue weighted by molar-refractivity contribution is 0.125. The van der Waals surface area contributed by atoms with Crippen LogP contribution in [0.3, 0.4) is 0 Å². The average molecular weight is 514 g/mol. The number of benzene rings is 4. The second-order valence-corrected chi connectivity index (χ2v) is 13.6. The largest absolute Gasteiger partial charge is 0.408 e. The summed E-state index contributed by atoms with van der Waals surface area (Å²) in [6.07, 6.45) is 0. The van der Waals surface area contributed by atoms with Gasteiger partial charge in [0, 0.05) is 23.9 Å². The molecule has 0 N–H and O–H groups in total. The lowest BCUT2D eigenvalue weighted by atomic mass is 9.84. The zero-order valence-electron chi connectivity index (χ0n) is 22.7. The maximum atomic E-state index is 6.72. The molecule has 0 saturated carbocycles. The Labute approximate surface area is 219 Å². The van der Waals surface area contributed by atoms with E-state index >= 15 is 0 Å². The summed E-state index contributed by atoms with van der Waals surface area (Å²) in [7, 11) is -1.30. The monoisotopic (exact) mass is 513 g/mol. The summed E-state index contributed by atoms with van der Waals surface area (Å²) in [6.45, 7) is 16.6. The SMILES string of the molecule is CC(C)(C)c1ccc2c(ccc3op(N4CCOCC4)oc4ccc5cc(C(C)(C)C)ccc5c4c32)c1. The van der Waals surface area contributed by atoms with Gasteiger partial charge in [-0.2, -0.15) is 4.67 Å². The van der Waals surface area contributed by atoms with Gasteiger partial charge in [-0.05, 0) is 55.6 Å². The van der Waals surface area contributed by atoms with Gasteiger partial charge in [-0.15, -0.1) is 0 Å². The first-order chi connectivity index (χ1) is 17.6. The summed E-state index contributed by atoms with van der Waals surface area (Å²) in [5, 5.41) is 7.09. The van der Waals surface area contributed by atoms with Crippen LogP contribution in [0.2, 0.25) is 0 Å². The van der Waals surface area contributed by atoms with Crippen LogP contribution in [-0.4, -0.2) is 26.3 Å². The molecule has 4 aromatic carbocycles. The molecule has 2 heterocycles. The fraction of sp³-hybridized carbons (Fsp3) is 0.375. The van der Waals surface area contributed by atoms with Crippen molar-refractivity contribution in [1.29, 1.82) is 0 Å². The van der Waals surface area contributed by atoms with Crippen molar-refractivity contribution < 1.29 is 13.1 Å². The van der Waals surface area contributed by atoms with Crippen molar-refractivity contribution in [3.63, 3.8) is 0 Å². The predicted molar refractivity (Wildman–Crippen MR) is 158 cm³/mol. The zero-order valence-corrected chi connectivity index (χ0v) is 23.6. The van der Waals surface area contributed by atoms with Gasteiger partial charge in [0.2, 0.25) is 0 Å². The van der Waals surface area contributed by atoms with Crippen molar-refractivity contribution in [1.82, 2.24) is 0 Å². The van der Waals surface area contributed by atoms with Gasteiger partial charge in [0.25, 0.3) is 0 Å². The third kappa shape index (κ3) is 4.46. The molecule has 0 aliphatic carbocycles. The highest BCUT2D eigenvalue weighted by molar-refractivity contribution is 7.39. The molecular formula is C32H36NO3P. The van der Waals surface area contributed by atoms with Crippen LogP contribution in [0.5, 0.6) is 0 Å². The van der Waals surface area contributed by atoms with Gasteiger partial charge in [-0.1, -0.05) is 90.1 Å². The van der Waals surface area contributed by atoms with Crippen LogP contribution in [0.15, 0.2) is 69.1 Å². The lowest BCUT2D eigenvalue weighted by Gasteiger charge is -2.22. The van der Waals surface area contributed by atoms with E-state index in [0.29, 0.717) is 13.2 Å². The summed E-state index contributed by atoms with van der Waals surface area (Å²) < 4.78 is 21.3. The van der Waals surface area contributed by atoms with E-state index in [1.165, 1.54) is 32.7 Å². The van der Waals surface area contributed by atoms with E-state index < -0.39 is 8.16 Å². The lowest BCUT2D eigenvalue weighted by Crippen LogP contribution is -2.33. The molecule has 1 saturated heterocycles. The van der Waals surface area contributed by atoms with Crippen molar-refractivity contribution in [2.75, 3.05) is 31.0 Å². The topological polar surface area (TPSA) is 38.8 Å². The molecule has 1 aliphatic heterocycles. The van der Waals surface area contributed by atoms with Crippen LogP contribution in [0.4, 0.5) is 0 Å². The maximum absolute atomic E-state index is 6.72. The molecule has 0 bridgehead atoms. The second kappa shape index (κ2) is 8.91. The summed E-state index contributed by atoms with van der Waals surface area (Å²) in [6, 6.07) is 22.4. The molecule has 4 nitrogen and oxygen atoms in total. The van der Waals surface area contributed by atoms with Gasteiger partial charge in [0.1, 0.15) is 11.2 Å². The van der Waals surface area contributed by atoms with Gasteiger partial charge in [0.15, 0.2) is 0 Å². The number of nitrogens with zero attached hydrogens (tertiary/aromatic N) is 1. The molecule has 5 aromatic rings. The van der Waals surface area contributed by atoms with Crippen molar-refractivity contribution >= 4 is 51.6 Å². The van der Waals surface area contributed by atoms with Crippen molar-refractivity contribution in [2.45, 2.75) is 52.4 Å². The second-order valence-electron chi connectivity index (χ2n) is 12.2. The van der Waals surface area contributed by atoms with E-state index in [4.69, 9.17) is 13.1 Å². The zero-order chi connectivity index (χ0) is 25.9. The molecule has 0 spiro atoms. The highest BCUT2D eigenvalue weighted by Crippen LogP contribution is 2.43. The first-order valence-corrected chi connectivity index (χ1v) is 14.4.